The zero-order valence-corrected chi connectivity index (χ0v) is 12.6. The van der Waals surface area contributed by atoms with Crippen molar-refractivity contribution in [3.05, 3.63) is 30.6 Å². The molecule has 0 aromatic carbocycles. The molecule has 0 aliphatic rings. The van der Waals surface area contributed by atoms with E-state index in [2.05, 4.69) is 19.8 Å². The molecule has 2 heterocycles. The van der Waals surface area contributed by atoms with Crippen LogP contribution >= 0.6 is 0 Å². The zero-order chi connectivity index (χ0) is 17.9. The van der Waals surface area contributed by atoms with Gasteiger partial charge in [0.1, 0.15) is 12.0 Å². The fraction of sp³-hybridized carbons (Fsp3) is 0.308. The SMILES string of the molecule is CCOC(=O)C(=O)N(C)c1cn(-c2cncnc2)nc1C(F)(F)F. The molecule has 1 amide bonds. The number of carbonyl (C=O) groups is 2. The van der Waals surface area contributed by atoms with Crippen molar-refractivity contribution >= 4 is 17.6 Å². The van der Waals surface area contributed by atoms with Gasteiger partial charge in [0.05, 0.1) is 30.9 Å². The van der Waals surface area contributed by atoms with E-state index < -0.39 is 29.4 Å². The average Bonchev–Trinajstić information content (AvgIpc) is 3.00. The van der Waals surface area contributed by atoms with Crippen LogP contribution in [0, 0.1) is 0 Å². The molecule has 0 saturated heterocycles. The van der Waals surface area contributed by atoms with Gasteiger partial charge in [-0.3, -0.25) is 4.79 Å². The first-order chi connectivity index (χ1) is 11.3. The number of likely N-dealkylation sites (N-methyl/N-ethyl adjacent to an activating group) is 1. The molecule has 0 atom stereocenters. The van der Waals surface area contributed by atoms with E-state index in [1.54, 1.807) is 0 Å². The lowest BCUT2D eigenvalue weighted by molar-refractivity contribution is -0.153. The van der Waals surface area contributed by atoms with Gasteiger partial charge in [-0.25, -0.2) is 19.4 Å². The van der Waals surface area contributed by atoms with Crippen molar-refractivity contribution < 1.29 is 27.5 Å². The maximum absolute atomic E-state index is 13.2. The van der Waals surface area contributed by atoms with Crippen LogP contribution < -0.4 is 4.90 Å². The molecule has 24 heavy (non-hydrogen) atoms. The zero-order valence-electron chi connectivity index (χ0n) is 12.6. The largest absolute Gasteiger partial charge is 0.459 e. The van der Waals surface area contributed by atoms with Gasteiger partial charge in [0.25, 0.3) is 0 Å². The Kier molecular flexibility index (Phi) is 4.81. The second-order valence-corrected chi connectivity index (χ2v) is 4.49. The molecule has 11 heteroatoms. The average molecular weight is 343 g/mol. The third-order valence-corrected chi connectivity index (χ3v) is 2.89. The molecule has 0 N–H and O–H groups in total. The number of anilines is 1. The first kappa shape index (κ1) is 17.4. The van der Waals surface area contributed by atoms with Gasteiger partial charge >= 0.3 is 18.1 Å². The van der Waals surface area contributed by atoms with Crippen molar-refractivity contribution in [2.45, 2.75) is 13.1 Å². The summed E-state index contributed by atoms with van der Waals surface area (Å²) in [5.74, 6) is -2.50. The Balaban J connectivity index is 2.46. The molecular formula is C13H12F3N5O3. The summed E-state index contributed by atoms with van der Waals surface area (Å²) in [6.07, 6.45) is -0.179. The van der Waals surface area contributed by atoms with E-state index >= 15 is 0 Å². The fourth-order valence-electron chi connectivity index (χ4n) is 1.79. The number of alkyl halides is 3. The molecule has 0 unspecified atom stereocenters. The maximum atomic E-state index is 13.2. The first-order valence-electron chi connectivity index (χ1n) is 6.62. The van der Waals surface area contributed by atoms with Crippen molar-refractivity contribution in [3.8, 4) is 5.69 Å². The molecule has 0 radical (unpaired) electrons. The van der Waals surface area contributed by atoms with Gasteiger partial charge in [0.15, 0.2) is 5.69 Å². The maximum Gasteiger partial charge on any atom is 0.437 e. The number of carbonyl (C=O) groups excluding carboxylic acids is 2. The minimum absolute atomic E-state index is 0.0782. The molecule has 0 fully saturated rings. The van der Waals surface area contributed by atoms with Crippen molar-refractivity contribution in [2.75, 3.05) is 18.6 Å². The van der Waals surface area contributed by atoms with Gasteiger partial charge in [-0.15, -0.1) is 0 Å². The van der Waals surface area contributed by atoms with E-state index in [4.69, 9.17) is 0 Å². The van der Waals surface area contributed by atoms with Crippen molar-refractivity contribution in [3.63, 3.8) is 0 Å². The molecule has 128 valence electrons. The lowest BCUT2D eigenvalue weighted by Crippen LogP contribution is -2.35. The van der Waals surface area contributed by atoms with Crippen LogP contribution in [0.25, 0.3) is 5.69 Å². The van der Waals surface area contributed by atoms with E-state index in [9.17, 15) is 22.8 Å². The molecule has 8 nitrogen and oxygen atoms in total. The minimum Gasteiger partial charge on any atom is -0.459 e. The highest BCUT2D eigenvalue weighted by atomic mass is 19.4. The van der Waals surface area contributed by atoms with Crippen LogP contribution in [0.2, 0.25) is 0 Å². The number of ether oxygens (including phenoxy) is 1. The van der Waals surface area contributed by atoms with Crippen molar-refractivity contribution in [2.24, 2.45) is 0 Å². The van der Waals surface area contributed by atoms with E-state index in [0.717, 1.165) is 17.9 Å². The van der Waals surface area contributed by atoms with Crippen LogP contribution in [-0.2, 0) is 20.5 Å². The van der Waals surface area contributed by atoms with E-state index in [1.807, 2.05) is 0 Å². The van der Waals surface area contributed by atoms with Gasteiger partial charge < -0.3 is 9.64 Å². The summed E-state index contributed by atoms with van der Waals surface area (Å²) in [6, 6.07) is 0. The highest BCUT2D eigenvalue weighted by molar-refractivity contribution is 6.38. The number of aromatic nitrogens is 4. The minimum atomic E-state index is -4.83. The van der Waals surface area contributed by atoms with Gasteiger partial charge in [-0.1, -0.05) is 0 Å². The molecule has 0 aliphatic heterocycles. The quantitative estimate of drug-likeness (QED) is 0.615. The second kappa shape index (κ2) is 6.64. The third kappa shape index (κ3) is 3.50. The van der Waals surface area contributed by atoms with Gasteiger partial charge in [-0.05, 0) is 6.92 Å². The predicted molar refractivity (Wildman–Crippen MR) is 74.2 cm³/mol. The van der Waals surface area contributed by atoms with Crippen LogP contribution in [0.3, 0.4) is 0 Å². The summed E-state index contributed by atoms with van der Waals surface area (Å²) >= 11 is 0. The predicted octanol–water partition coefficient (Wildman–Crippen LogP) is 1.21. The molecule has 0 bridgehead atoms. The fourth-order valence-corrected chi connectivity index (χ4v) is 1.79. The monoisotopic (exact) mass is 343 g/mol. The summed E-state index contributed by atoms with van der Waals surface area (Å²) < 4.78 is 44.9. The second-order valence-electron chi connectivity index (χ2n) is 4.49. The Morgan fingerprint density at radius 2 is 1.92 bits per heavy atom. The molecular weight excluding hydrogens is 331 g/mol. The lowest BCUT2D eigenvalue weighted by Gasteiger charge is -2.16. The van der Waals surface area contributed by atoms with Crippen LogP contribution in [0.4, 0.5) is 18.9 Å². The molecule has 2 rings (SSSR count). The highest BCUT2D eigenvalue weighted by Crippen LogP contribution is 2.35. The number of rotatable bonds is 3. The lowest BCUT2D eigenvalue weighted by atomic mass is 10.3. The Hall–Kier alpha value is -2.98. The third-order valence-electron chi connectivity index (χ3n) is 2.89. The van der Waals surface area contributed by atoms with Crippen molar-refractivity contribution in [1.29, 1.82) is 0 Å². The number of hydrogen-bond acceptors (Lipinski definition) is 6. The van der Waals surface area contributed by atoms with Gasteiger partial charge in [0, 0.05) is 7.05 Å². The smallest absolute Gasteiger partial charge is 0.437 e. The van der Waals surface area contributed by atoms with Crippen LogP contribution in [0.5, 0.6) is 0 Å². The molecule has 0 saturated carbocycles. The van der Waals surface area contributed by atoms with Crippen LogP contribution in [0.15, 0.2) is 24.9 Å². The summed E-state index contributed by atoms with van der Waals surface area (Å²) in [4.78, 5) is 31.2. The molecule has 2 aromatic rings. The standard InChI is InChI=1S/C13H12F3N5O3/c1-3-24-12(23)11(22)20(2)9-6-21(8-4-17-7-18-5-8)19-10(9)13(14,15)16/h4-7H,3H2,1-2H3. The van der Waals surface area contributed by atoms with Gasteiger partial charge in [0.2, 0.25) is 0 Å². The Labute approximate surface area is 133 Å². The van der Waals surface area contributed by atoms with E-state index in [0.29, 0.717) is 4.90 Å². The highest BCUT2D eigenvalue weighted by Gasteiger charge is 2.40. The first-order valence-corrected chi connectivity index (χ1v) is 6.62. The number of nitrogens with zero attached hydrogens (tertiary/aromatic N) is 5. The summed E-state index contributed by atoms with van der Waals surface area (Å²) in [5, 5.41) is 3.43. The van der Waals surface area contributed by atoms with E-state index in [-0.39, 0.29) is 12.3 Å². The summed E-state index contributed by atoms with van der Waals surface area (Å²) in [5.41, 5.74) is -1.76. The number of hydrogen-bond donors (Lipinski definition) is 0. The van der Waals surface area contributed by atoms with Crippen LogP contribution in [-0.4, -0.2) is 45.3 Å². The molecule has 0 spiro atoms. The summed E-state index contributed by atoms with van der Waals surface area (Å²) in [7, 11) is 1.03. The van der Waals surface area contributed by atoms with Gasteiger partial charge in [-0.2, -0.15) is 18.3 Å². The topological polar surface area (TPSA) is 90.2 Å². The number of halogens is 3. The summed E-state index contributed by atoms with van der Waals surface area (Å²) in [6.45, 7) is 1.39. The Morgan fingerprint density at radius 3 is 2.46 bits per heavy atom. The number of amides is 1. The van der Waals surface area contributed by atoms with Crippen LogP contribution in [0.1, 0.15) is 12.6 Å². The Bertz CT molecular complexity index is 745. The van der Waals surface area contributed by atoms with E-state index in [1.165, 1.54) is 25.6 Å². The normalized spacial score (nSPS) is 11.2. The molecule has 0 aliphatic carbocycles. The Morgan fingerprint density at radius 1 is 1.29 bits per heavy atom. The molecule has 2 aromatic heterocycles. The number of esters is 1. The van der Waals surface area contributed by atoms with Crippen molar-refractivity contribution in [1.82, 2.24) is 19.7 Å².